The van der Waals surface area contributed by atoms with Gasteiger partial charge in [0.1, 0.15) is 6.33 Å². The average molecular weight is 160 g/mol. The van der Waals surface area contributed by atoms with E-state index in [2.05, 4.69) is 11.8 Å². The molecule has 0 spiro atoms. The van der Waals surface area contributed by atoms with Crippen LogP contribution in [0.1, 0.15) is 27.2 Å². The number of halogens is 1. The molecule has 0 aromatic rings. The van der Waals surface area contributed by atoms with Crippen LogP contribution in [0, 0.1) is 0 Å². The highest BCUT2D eigenvalue weighted by atomic mass is 19.1. The van der Waals surface area contributed by atoms with Crippen LogP contribution in [0.4, 0.5) is 4.39 Å². The van der Waals surface area contributed by atoms with Crippen molar-refractivity contribution in [2.24, 2.45) is 5.10 Å². The normalized spacial score (nSPS) is 9.73. The van der Waals surface area contributed by atoms with Gasteiger partial charge >= 0.3 is 0 Å². The number of allylic oxidation sites excluding steroid dienone is 1. The lowest BCUT2D eigenvalue weighted by molar-refractivity contribution is 0.422. The van der Waals surface area contributed by atoms with Gasteiger partial charge in [0.25, 0.3) is 0 Å². The average Bonchev–Trinajstić information content (AvgIpc) is 2.10. The number of hydrogen-bond acceptors (Lipinski definition) is 2. The van der Waals surface area contributed by atoms with Crippen molar-refractivity contribution in [2.45, 2.75) is 27.2 Å². The molecule has 0 aromatic heterocycles. The van der Waals surface area contributed by atoms with Gasteiger partial charge in [0.05, 0.1) is 5.70 Å². The summed E-state index contributed by atoms with van der Waals surface area (Å²) in [6, 6.07) is 0. The molecule has 0 N–H and O–H groups in total. The molecule has 66 valence electrons. The lowest BCUT2D eigenvalue weighted by Gasteiger charge is -2.12. The summed E-state index contributed by atoms with van der Waals surface area (Å²) in [7, 11) is 1.65. The van der Waals surface area contributed by atoms with E-state index in [0.29, 0.717) is 18.4 Å². The van der Waals surface area contributed by atoms with E-state index in [9.17, 15) is 4.39 Å². The van der Waals surface area contributed by atoms with Crippen LogP contribution >= 0.6 is 0 Å². The summed E-state index contributed by atoms with van der Waals surface area (Å²) in [6.07, 6.45) is 1.17. The molecular weight excluding hydrogens is 143 g/mol. The summed E-state index contributed by atoms with van der Waals surface area (Å²) in [4.78, 5) is 0. The van der Waals surface area contributed by atoms with Crippen molar-refractivity contribution in [1.29, 1.82) is 0 Å². The second-order valence-electron chi connectivity index (χ2n) is 1.62. The molecule has 0 saturated heterocycles. The zero-order valence-corrected chi connectivity index (χ0v) is 7.76. The fourth-order valence-corrected chi connectivity index (χ4v) is 0.467. The Labute approximate surface area is 68.4 Å². The lowest BCUT2D eigenvalue weighted by atomic mass is 10.4. The third kappa shape index (κ3) is 5.58. The second-order valence-corrected chi connectivity index (χ2v) is 1.62. The van der Waals surface area contributed by atoms with Gasteiger partial charge in [-0.3, -0.25) is 5.01 Å². The Balaban J connectivity index is 0. The summed E-state index contributed by atoms with van der Waals surface area (Å²) in [5.41, 5.74) is 0.532. The standard InChI is InChI=1S/C6H11FN2.C2H6/c1-4-6(5-7)9(3)8-2;1-2/h5H,2,4H2,1,3H3;1-2H3/b6-5-;. The monoisotopic (exact) mass is 160 g/mol. The molecule has 0 heterocycles. The smallest absolute Gasteiger partial charge is 0.108 e. The molecule has 0 radical (unpaired) electrons. The maximum Gasteiger partial charge on any atom is 0.108 e. The Morgan fingerprint density at radius 1 is 1.64 bits per heavy atom. The van der Waals surface area contributed by atoms with E-state index in [-0.39, 0.29) is 0 Å². The first-order valence-electron chi connectivity index (χ1n) is 3.75. The van der Waals surface area contributed by atoms with Crippen molar-refractivity contribution in [2.75, 3.05) is 7.05 Å². The van der Waals surface area contributed by atoms with Gasteiger partial charge in [0, 0.05) is 13.8 Å². The third-order valence-corrected chi connectivity index (χ3v) is 1.12. The summed E-state index contributed by atoms with van der Waals surface area (Å²) in [6.45, 7) is 9.10. The van der Waals surface area contributed by atoms with Crippen LogP contribution in [0.3, 0.4) is 0 Å². The van der Waals surface area contributed by atoms with Crippen molar-refractivity contribution >= 4 is 6.72 Å². The first-order valence-corrected chi connectivity index (χ1v) is 3.75. The minimum atomic E-state index is 0.532. The first kappa shape index (κ1) is 12.8. The van der Waals surface area contributed by atoms with Crippen LogP contribution in [-0.2, 0) is 0 Å². The molecule has 0 fully saturated rings. The van der Waals surface area contributed by atoms with Crippen LogP contribution in [0.2, 0.25) is 0 Å². The first-order chi connectivity index (χ1) is 5.26. The largest absolute Gasteiger partial charge is 0.271 e. The molecule has 3 heteroatoms. The van der Waals surface area contributed by atoms with E-state index in [4.69, 9.17) is 0 Å². The van der Waals surface area contributed by atoms with Crippen LogP contribution in [0.25, 0.3) is 0 Å². The van der Waals surface area contributed by atoms with Crippen LogP contribution in [-0.4, -0.2) is 18.8 Å². The van der Waals surface area contributed by atoms with Gasteiger partial charge in [-0.25, -0.2) is 4.39 Å². The van der Waals surface area contributed by atoms with Crippen molar-refractivity contribution in [3.05, 3.63) is 12.0 Å². The molecule has 0 unspecified atom stereocenters. The topological polar surface area (TPSA) is 15.6 Å². The minimum absolute atomic E-state index is 0.532. The number of rotatable bonds is 3. The molecular formula is C8H17FN2. The molecule has 0 aromatic carbocycles. The summed E-state index contributed by atoms with van der Waals surface area (Å²) in [5, 5.41) is 4.91. The molecule has 11 heavy (non-hydrogen) atoms. The maximum absolute atomic E-state index is 11.8. The molecule has 0 aliphatic carbocycles. The lowest BCUT2D eigenvalue weighted by Crippen LogP contribution is -2.07. The fraction of sp³-hybridized carbons (Fsp3) is 0.625. The quantitative estimate of drug-likeness (QED) is 0.458. The van der Waals surface area contributed by atoms with Crippen molar-refractivity contribution in [3.63, 3.8) is 0 Å². The number of hydrogen-bond donors (Lipinski definition) is 0. The van der Waals surface area contributed by atoms with Crippen LogP contribution in [0.5, 0.6) is 0 Å². The third-order valence-electron chi connectivity index (χ3n) is 1.12. The van der Waals surface area contributed by atoms with Gasteiger partial charge in [-0.05, 0) is 6.42 Å². The van der Waals surface area contributed by atoms with Crippen LogP contribution < -0.4 is 0 Å². The van der Waals surface area contributed by atoms with Gasteiger partial charge in [-0.2, -0.15) is 5.10 Å². The molecule has 0 saturated carbocycles. The van der Waals surface area contributed by atoms with Gasteiger partial charge < -0.3 is 0 Å². The highest BCUT2D eigenvalue weighted by molar-refractivity contribution is 5.23. The van der Waals surface area contributed by atoms with Crippen molar-refractivity contribution < 1.29 is 4.39 Å². The predicted molar refractivity (Wildman–Crippen MR) is 48.1 cm³/mol. The van der Waals surface area contributed by atoms with Gasteiger partial charge in [-0.15, -0.1) is 0 Å². The molecule has 0 amide bonds. The van der Waals surface area contributed by atoms with Gasteiger partial charge in [0.15, 0.2) is 0 Å². The van der Waals surface area contributed by atoms with Crippen molar-refractivity contribution in [1.82, 2.24) is 5.01 Å². The predicted octanol–water partition coefficient (Wildman–Crippen LogP) is 2.78. The summed E-state index contributed by atoms with van der Waals surface area (Å²) < 4.78 is 11.8. The maximum atomic E-state index is 11.8. The molecule has 0 aliphatic heterocycles. The molecule has 2 nitrogen and oxygen atoms in total. The van der Waals surface area contributed by atoms with E-state index in [0.717, 1.165) is 0 Å². The Kier molecular flexibility index (Phi) is 10.6. The summed E-state index contributed by atoms with van der Waals surface area (Å²) >= 11 is 0. The summed E-state index contributed by atoms with van der Waals surface area (Å²) in [5.74, 6) is 0. The Hall–Kier alpha value is -0.860. The number of nitrogens with zero attached hydrogens (tertiary/aromatic N) is 2. The second kappa shape index (κ2) is 9.14. The van der Waals surface area contributed by atoms with Crippen LogP contribution in [0.15, 0.2) is 17.1 Å². The van der Waals surface area contributed by atoms with Gasteiger partial charge in [0.2, 0.25) is 0 Å². The van der Waals surface area contributed by atoms with E-state index < -0.39 is 0 Å². The van der Waals surface area contributed by atoms with E-state index in [1.54, 1.807) is 7.05 Å². The highest BCUT2D eigenvalue weighted by Gasteiger charge is 1.96. The Morgan fingerprint density at radius 3 is 2.18 bits per heavy atom. The Morgan fingerprint density at radius 2 is 2.09 bits per heavy atom. The minimum Gasteiger partial charge on any atom is -0.271 e. The van der Waals surface area contributed by atoms with E-state index in [1.807, 2.05) is 20.8 Å². The number of hydrazone groups is 1. The molecule has 0 atom stereocenters. The molecule has 0 aliphatic rings. The highest BCUT2D eigenvalue weighted by Crippen LogP contribution is 2.05. The van der Waals surface area contributed by atoms with Gasteiger partial charge in [-0.1, -0.05) is 20.8 Å². The van der Waals surface area contributed by atoms with Crippen molar-refractivity contribution in [3.8, 4) is 0 Å². The zero-order valence-electron chi connectivity index (χ0n) is 7.76. The SMILES string of the molecule is C=NN(C)/C(=C\F)CC.CC. The molecule has 0 bridgehead atoms. The van der Waals surface area contributed by atoms with E-state index in [1.165, 1.54) is 5.01 Å². The van der Waals surface area contributed by atoms with E-state index >= 15 is 0 Å². The zero-order chi connectivity index (χ0) is 9.28. The fourth-order valence-electron chi connectivity index (χ4n) is 0.467. The molecule has 0 rings (SSSR count). The Bertz CT molecular complexity index is 121.